The van der Waals surface area contributed by atoms with Gasteiger partial charge in [-0.1, -0.05) is 13.3 Å². The Morgan fingerprint density at radius 2 is 1.94 bits per heavy atom. The number of aryl methyl sites for hydroxylation is 1. The fourth-order valence-electron chi connectivity index (χ4n) is 1.47. The normalized spacial score (nSPS) is 11.4. The van der Waals surface area contributed by atoms with Crippen LogP contribution in [0.1, 0.15) is 46.2 Å². The van der Waals surface area contributed by atoms with Gasteiger partial charge in [-0.25, -0.2) is 4.98 Å². The lowest BCUT2D eigenvalue weighted by molar-refractivity contribution is 0.630. The van der Waals surface area contributed by atoms with Gasteiger partial charge in [-0.15, -0.1) is 0 Å². The molecule has 17 heavy (non-hydrogen) atoms. The predicted molar refractivity (Wildman–Crippen MR) is 73.5 cm³/mol. The van der Waals surface area contributed by atoms with Crippen molar-refractivity contribution >= 4 is 11.8 Å². The van der Waals surface area contributed by atoms with E-state index in [1.165, 1.54) is 6.42 Å². The molecule has 2 N–H and O–H groups in total. The summed E-state index contributed by atoms with van der Waals surface area (Å²) in [5.41, 5.74) is 0.993. The molecule has 1 aromatic rings. The van der Waals surface area contributed by atoms with Gasteiger partial charge < -0.3 is 10.6 Å². The molecule has 0 amide bonds. The van der Waals surface area contributed by atoms with E-state index in [9.17, 15) is 0 Å². The molecule has 0 fully saturated rings. The van der Waals surface area contributed by atoms with E-state index in [2.05, 4.69) is 48.3 Å². The van der Waals surface area contributed by atoms with E-state index in [-0.39, 0.29) is 5.54 Å². The monoisotopic (exact) mass is 236 g/mol. The lowest BCUT2D eigenvalue weighted by atomic mass is 10.1. The third-order valence-corrected chi connectivity index (χ3v) is 2.17. The molecule has 0 aromatic carbocycles. The molecular formula is C13H24N4. The van der Waals surface area contributed by atoms with E-state index in [0.717, 1.165) is 24.5 Å². The maximum atomic E-state index is 4.46. The van der Waals surface area contributed by atoms with Crippen molar-refractivity contribution in [2.45, 2.75) is 53.0 Å². The molecule has 0 atom stereocenters. The summed E-state index contributed by atoms with van der Waals surface area (Å²) < 4.78 is 0. The lowest BCUT2D eigenvalue weighted by Gasteiger charge is -2.21. The largest absolute Gasteiger partial charge is 0.365 e. The number of unbranched alkanes of at least 4 members (excludes halogenated alkanes) is 1. The zero-order chi connectivity index (χ0) is 12.9. The molecule has 0 unspecified atom stereocenters. The molecule has 1 rings (SSSR count). The first-order chi connectivity index (χ1) is 7.90. The number of anilines is 2. The maximum Gasteiger partial charge on any atom is 0.224 e. The van der Waals surface area contributed by atoms with E-state index in [0.29, 0.717) is 5.95 Å². The average Bonchev–Trinajstić information content (AvgIpc) is 2.14. The summed E-state index contributed by atoms with van der Waals surface area (Å²) in [6.07, 6.45) is 2.31. The van der Waals surface area contributed by atoms with Gasteiger partial charge in [0.1, 0.15) is 5.82 Å². The summed E-state index contributed by atoms with van der Waals surface area (Å²) in [6.45, 7) is 11.4. The third kappa shape index (κ3) is 5.52. The van der Waals surface area contributed by atoms with Crippen LogP contribution in [0.5, 0.6) is 0 Å². The molecule has 0 radical (unpaired) electrons. The fourth-order valence-corrected chi connectivity index (χ4v) is 1.47. The van der Waals surface area contributed by atoms with Crippen molar-refractivity contribution in [2.75, 3.05) is 17.2 Å². The van der Waals surface area contributed by atoms with Gasteiger partial charge in [0, 0.05) is 23.8 Å². The molecule has 0 aliphatic carbocycles. The van der Waals surface area contributed by atoms with Crippen LogP contribution in [-0.2, 0) is 0 Å². The van der Waals surface area contributed by atoms with Gasteiger partial charge in [0.05, 0.1) is 0 Å². The van der Waals surface area contributed by atoms with Crippen LogP contribution in [0.4, 0.5) is 11.8 Å². The molecule has 96 valence electrons. The highest BCUT2D eigenvalue weighted by atomic mass is 15.2. The number of hydrogen-bond donors (Lipinski definition) is 2. The molecule has 0 aliphatic heterocycles. The SMILES string of the molecule is CCCCNc1nc(C)cc(NC(C)(C)C)n1. The molecule has 0 aliphatic rings. The molecule has 4 heteroatoms. The van der Waals surface area contributed by atoms with Crippen molar-refractivity contribution in [1.29, 1.82) is 0 Å². The minimum absolute atomic E-state index is 0.0154. The molecule has 0 bridgehead atoms. The van der Waals surface area contributed by atoms with Crippen molar-refractivity contribution in [1.82, 2.24) is 9.97 Å². The van der Waals surface area contributed by atoms with E-state index in [1.54, 1.807) is 0 Å². The number of aromatic nitrogens is 2. The van der Waals surface area contributed by atoms with Crippen molar-refractivity contribution in [3.63, 3.8) is 0 Å². The first kappa shape index (κ1) is 13.7. The summed E-state index contributed by atoms with van der Waals surface area (Å²) in [7, 11) is 0. The van der Waals surface area contributed by atoms with Gasteiger partial charge in [0.25, 0.3) is 0 Å². The smallest absolute Gasteiger partial charge is 0.224 e. The van der Waals surface area contributed by atoms with Crippen LogP contribution < -0.4 is 10.6 Å². The lowest BCUT2D eigenvalue weighted by Crippen LogP contribution is -2.27. The Morgan fingerprint density at radius 3 is 2.53 bits per heavy atom. The quantitative estimate of drug-likeness (QED) is 0.771. The Labute approximate surface area is 104 Å². The second-order valence-electron chi connectivity index (χ2n) is 5.37. The molecule has 1 heterocycles. The van der Waals surface area contributed by atoms with Crippen LogP contribution >= 0.6 is 0 Å². The Hall–Kier alpha value is -1.32. The van der Waals surface area contributed by atoms with Gasteiger partial charge in [0.15, 0.2) is 0 Å². The van der Waals surface area contributed by atoms with Crippen molar-refractivity contribution in [2.24, 2.45) is 0 Å². The Balaban J connectivity index is 2.72. The number of hydrogen-bond acceptors (Lipinski definition) is 4. The first-order valence-corrected chi connectivity index (χ1v) is 6.28. The Kier molecular flexibility index (Phi) is 4.73. The van der Waals surface area contributed by atoms with Gasteiger partial charge in [-0.05, 0) is 34.1 Å². The summed E-state index contributed by atoms with van der Waals surface area (Å²) >= 11 is 0. The molecule has 1 aromatic heterocycles. The van der Waals surface area contributed by atoms with Crippen molar-refractivity contribution in [3.05, 3.63) is 11.8 Å². The van der Waals surface area contributed by atoms with E-state index >= 15 is 0 Å². The zero-order valence-corrected chi connectivity index (χ0v) is 11.6. The highest BCUT2D eigenvalue weighted by Crippen LogP contribution is 2.14. The summed E-state index contributed by atoms with van der Waals surface area (Å²) in [5.74, 6) is 1.59. The highest BCUT2D eigenvalue weighted by Gasteiger charge is 2.11. The van der Waals surface area contributed by atoms with Crippen LogP contribution in [0.3, 0.4) is 0 Å². The number of rotatable bonds is 5. The number of nitrogens with zero attached hydrogens (tertiary/aromatic N) is 2. The van der Waals surface area contributed by atoms with E-state index < -0.39 is 0 Å². The molecule has 0 spiro atoms. The van der Waals surface area contributed by atoms with Gasteiger partial charge in [0.2, 0.25) is 5.95 Å². The third-order valence-electron chi connectivity index (χ3n) is 2.17. The second kappa shape index (κ2) is 5.84. The van der Waals surface area contributed by atoms with Gasteiger partial charge in [-0.2, -0.15) is 4.98 Å². The van der Waals surface area contributed by atoms with Crippen LogP contribution in [0.25, 0.3) is 0 Å². The van der Waals surface area contributed by atoms with Crippen LogP contribution in [-0.4, -0.2) is 22.1 Å². The maximum absolute atomic E-state index is 4.46. The van der Waals surface area contributed by atoms with Gasteiger partial charge >= 0.3 is 0 Å². The summed E-state index contributed by atoms with van der Waals surface area (Å²) in [4.78, 5) is 8.83. The fraction of sp³-hybridized carbons (Fsp3) is 0.692. The first-order valence-electron chi connectivity index (χ1n) is 6.28. The summed E-state index contributed by atoms with van der Waals surface area (Å²) in [5, 5.41) is 6.61. The Bertz CT molecular complexity index is 355. The topological polar surface area (TPSA) is 49.8 Å². The van der Waals surface area contributed by atoms with Crippen LogP contribution in [0, 0.1) is 6.92 Å². The molecule has 0 saturated carbocycles. The van der Waals surface area contributed by atoms with Crippen molar-refractivity contribution < 1.29 is 0 Å². The van der Waals surface area contributed by atoms with E-state index in [1.807, 2.05) is 13.0 Å². The minimum Gasteiger partial charge on any atom is -0.365 e. The second-order valence-corrected chi connectivity index (χ2v) is 5.37. The number of nitrogens with one attached hydrogen (secondary N) is 2. The van der Waals surface area contributed by atoms with E-state index in [4.69, 9.17) is 0 Å². The highest BCUT2D eigenvalue weighted by molar-refractivity contribution is 5.43. The molecule has 4 nitrogen and oxygen atoms in total. The molecular weight excluding hydrogens is 212 g/mol. The average molecular weight is 236 g/mol. The Morgan fingerprint density at radius 1 is 1.24 bits per heavy atom. The summed E-state index contributed by atoms with van der Waals surface area (Å²) in [6, 6.07) is 1.97. The predicted octanol–water partition coefficient (Wildman–Crippen LogP) is 3.21. The van der Waals surface area contributed by atoms with Gasteiger partial charge in [-0.3, -0.25) is 0 Å². The zero-order valence-electron chi connectivity index (χ0n) is 11.6. The molecule has 0 saturated heterocycles. The minimum atomic E-state index is 0.0154. The van der Waals surface area contributed by atoms with Crippen molar-refractivity contribution in [3.8, 4) is 0 Å². The van der Waals surface area contributed by atoms with Crippen LogP contribution in [0.2, 0.25) is 0 Å². The standard InChI is InChI=1S/C13H24N4/c1-6-7-8-14-12-15-10(2)9-11(16-12)17-13(3,4)5/h9H,6-8H2,1-5H3,(H2,14,15,16,17). The van der Waals surface area contributed by atoms with Crippen LogP contribution in [0.15, 0.2) is 6.07 Å².